The van der Waals surface area contributed by atoms with Crippen molar-refractivity contribution in [2.45, 2.75) is 26.1 Å². The summed E-state index contributed by atoms with van der Waals surface area (Å²) >= 11 is 0. The molecule has 128 valence electrons. The van der Waals surface area contributed by atoms with Crippen molar-refractivity contribution in [3.05, 3.63) is 65.1 Å². The van der Waals surface area contributed by atoms with Gasteiger partial charge in [0.1, 0.15) is 23.3 Å². The lowest BCUT2D eigenvalue weighted by Gasteiger charge is -2.27. The smallest absolute Gasteiger partial charge is 0.147 e. The average molecular weight is 339 g/mol. The van der Waals surface area contributed by atoms with Crippen molar-refractivity contribution < 1.29 is 4.39 Å². The minimum absolute atomic E-state index is 0.230. The standard InChI is InChI=1S/C17H18FN7/c18-13-3-1-2-12(8-13)9-16-22-23-17-11-24(6-7-25(16)17)10-14-4-5-15(19)21-20-14/h1-5,8H,6-7,9-11H2,(H2,19,21). The first kappa shape index (κ1) is 15.6. The number of aromatic nitrogens is 5. The van der Waals surface area contributed by atoms with Crippen LogP contribution in [0.1, 0.15) is 22.9 Å². The fourth-order valence-corrected chi connectivity index (χ4v) is 3.05. The number of rotatable bonds is 4. The van der Waals surface area contributed by atoms with E-state index in [1.54, 1.807) is 12.1 Å². The van der Waals surface area contributed by atoms with E-state index in [4.69, 9.17) is 5.73 Å². The van der Waals surface area contributed by atoms with Gasteiger partial charge in [-0.1, -0.05) is 12.1 Å². The summed E-state index contributed by atoms with van der Waals surface area (Å²) in [6.45, 7) is 3.06. The molecule has 0 saturated carbocycles. The Morgan fingerprint density at radius 2 is 1.96 bits per heavy atom. The van der Waals surface area contributed by atoms with Crippen molar-refractivity contribution in [1.29, 1.82) is 0 Å². The van der Waals surface area contributed by atoms with Crippen molar-refractivity contribution in [2.24, 2.45) is 0 Å². The van der Waals surface area contributed by atoms with E-state index >= 15 is 0 Å². The van der Waals surface area contributed by atoms with Gasteiger partial charge in [-0.3, -0.25) is 4.90 Å². The van der Waals surface area contributed by atoms with Crippen LogP contribution in [-0.2, 0) is 26.1 Å². The van der Waals surface area contributed by atoms with Crippen LogP contribution < -0.4 is 5.73 Å². The summed E-state index contributed by atoms with van der Waals surface area (Å²) in [5.41, 5.74) is 7.34. The highest BCUT2D eigenvalue weighted by Gasteiger charge is 2.21. The first-order valence-corrected chi connectivity index (χ1v) is 8.13. The van der Waals surface area contributed by atoms with Crippen molar-refractivity contribution in [1.82, 2.24) is 29.9 Å². The van der Waals surface area contributed by atoms with Crippen LogP contribution in [0.25, 0.3) is 0 Å². The Morgan fingerprint density at radius 1 is 1.04 bits per heavy atom. The Kier molecular flexibility index (Phi) is 4.10. The van der Waals surface area contributed by atoms with Crippen LogP contribution in [0.15, 0.2) is 36.4 Å². The zero-order chi connectivity index (χ0) is 17.2. The molecule has 0 radical (unpaired) electrons. The lowest BCUT2D eigenvalue weighted by molar-refractivity contribution is 0.204. The van der Waals surface area contributed by atoms with Crippen molar-refractivity contribution in [3.8, 4) is 0 Å². The topological polar surface area (TPSA) is 85.8 Å². The van der Waals surface area contributed by atoms with Gasteiger partial charge in [-0.25, -0.2) is 4.39 Å². The van der Waals surface area contributed by atoms with Gasteiger partial charge in [-0.2, -0.15) is 5.10 Å². The lowest BCUT2D eigenvalue weighted by atomic mass is 10.1. The van der Waals surface area contributed by atoms with Gasteiger partial charge in [-0.05, 0) is 29.8 Å². The number of hydrogen-bond acceptors (Lipinski definition) is 6. The van der Waals surface area contributed by atoms with Gasteiger partial charge in [0.05, 0.1) is 12.2 Å². The second-order valence-electron chi connectivity index (χ2n) is 6.15. The van der Waals surface area contributed by atoms with Crippen LogP contribution in [0.4, 0.5) is 10.2 Å². The molecule has 0 spiro atoms. The number of hydrogen-bond donors (Lipinski definition) is 1. The van der Waals surface area contributed by atoms with E-state index in [9.17, 15) is 4.39 Å². The van der Waals surface area contributed by atoms with Crippen LogP contribution >= 0.6 is 0 Å². The number of nitrogens with two attached hydrogens (primary N) is 1. The van der Waals surface area contributed by atoms with E-state index in [-0.39, 0.29) is 5.82 Å². The lowest BCUT2D eigenvalue weighted by Crippen LogP contribution is -2.34. The fraction of sp³-hybridized carbons (Fsp3) is 0.294. The summed E-state index contributed by atoms with van der Waals surface area (Å²) in [4.78, 5) is 2.25. The van der Waals surface area contributed by atoms with E-state index in [0.29, 0.717) is 25.3 Å². The van der Waals surface area contributed by atoms with Gasteiger partial charge < -0.3 is 10.3 Å². The third kappa shape index (κ3) is 3.48. The first-order chi connectivity index (χ1) is 12.2. The van der Waals surface area contributed by atoms with Crippen LogP contribution in [0.5, 0.6) is 0 Å². The molecule has 0 atom stereocenters. The van der Waals surface area contributed by atoms with Gasteiger partial charge in [0.2, 0.25) is 0 Å². The van der Waals surface area contributed by atoms with Crippen molar-refractivity contribution >= 4 is 5.82 Å². The largest absolute Gasteiger partial charge is 0.382 e. The summed E-state index contributed by atoms with van der Waals surface area (Å²) in [6, 6.07) is 10.2. The molecular formula is C17H18FN7. The maximum atomic E-state index is 13.3. The number of anilines is 1. The van der Waals surface area contributed by atoms with Crippen LogP contribution in [0, 0.1) is 5.82 Å². The summed E-state index contributed by atoms with van der Waals surface area (Å²) < 4.78 is 15.5. The number of benzene rings is 1. The molecule has 1 aromatic carbocycles. The van der Waals surface area contributed by atoms with Gasteiger partial charge >= 0.3 is 0 Å². The molecule has 3 aromatic rings. The SMILES string of the molecule is Nc1ccc(CN2CCn3c(Cc4cccc(F)c4)nnc3C2)nn1. The Labute approximate surface area is 144 Å². The molecule has 0 bridgehead atoms. The molecule has 25 heavy (non-hydrogen) atoms. The molecule has 0 unspecified atom stereocenters. The molecule has 1 aliphatic heterocycles. The highest BCUT2D eigenvalue weighted by Crippen LogP contribution is 2.17. The molecule has 1 aliphatic rings. The van der Waals surface area contributed by atoms with E-state index in [1.165, 1.54) is 12.1 Å². The summed E-state index contributed by atoms with van der Waals surface area (Å²) in [5.74, 6) is 1.98. The molecular weight excluding hydrogens is 321 g/mol. The Morgan fingerprint density at radius 3 is 2.76 bits per heavy atom. The zero-order valence-electron chi connectivity index (χ0n) is 13.6. The molecule has 2 N–H and O–H groups in total. The first-order valence-electron chi connectivity index (χ1n) is 8.13. The molecule has 8 heteroatoms. The predicted octanol–water partition coefficient (Wildman–Crippen LogP) is 1.40. The molecule has 0 saturated heterocycles. The number of fused-ring (bicyclic) bond motifs is 1. The van der Waals surface area contributed by atoms with Crippen molar-refractivity contribution in [3.63, 3.8) is 0 Å². The van der Waals surface area contributed by atoms with Crippen LogP contribution in [-0.4, -0.2) is 36.4 Å². The molecule has 0 fully saturated rings. The fourth-order valence-electron chi connectivity index (χ4n) is 3.05. The minimum Gasteiger partial charge on any atom is -0.382 e. The number of nitrogens with zero attached hydrogens (tertiary/aromatic N) is 6. The van der Waals surface area contributed by atoms with Crippen LogP contribution in [0.3, 0.4) is 0 Å². The van der Waals surface area contributed by atoms with E-state index in [2.05, 4.69) is 29.9 Å². The number of nitrogen functional groups attached to an aromatic ring is 1. The minimum atomic E-state index is -0.230. The van der Waals surface area contributed by atoms with Gasteiger partial charge in [0, 0.05) is 26.1 Å². The molecule has 0 aliphatic carbocycles. The second-order valence-corrected chi connectivity index (χ2v) is 6.15. The number of halogens is 1. The maximum absolute atomic E-state index is 13.3. The Balaban J connectivity index is 1.46. The van der Waals surface area contributed by atoms with E-state index in [0.717, 1.165) is 36.0 Å². The Hall–Kier alpha value is -2.87. The highest BCUT2D eigenvalue weighted by molar-refractivity contribution is 5.25. The molecule has 7 nitrogen and oxygen atoms in total. The Bertz CT molecular complexity index is 875. The predicted molar refractivity (Wildman–Crippen MR) is 89.8 cm³/mol. The van der Waals surface area contributed by atoms with Crippen LogP contribution in [0.2, 0.25) is 0 Å². The maximum Gasteiger partial charge on any atom is 0.147 e. The van der Waals surface area contributed by atoms with Gasteiger partial charge in [-0.15, -0.1) is 15.3 Å². The quantitative estimate of drug-likeness (QED) is 0.773. The van der Waals surface area contributed by atoms with Crippen molar-refractivity contribution in [2.75, 3.05) is 12.3 Å². The average Bonchev–Trinajstić information content (AvgIpc) is 2.99. The summed E-state index contributed by atoms with van der Waals surface area (Å²) in [7, 11) is 0. The van der Waals surface area contributed by atoms with E-state index in [1.807, 2.05) is 12.1 Å². The normalized spacial score (nSPS) is 14.4. The summed E-state index contributed by atoms with van der Waals surface area (Å²) in [5, 5.41) is 16.6. The van der Waals surface area contributed by atoms with E-state index < -0.39 is 0 Å². The zero-order valence-corrected chi connectivity index (χ0v) is 13.6. The molecule has 2 aromatic heterocycles. The third-order valence-electron chi connectivity index (χ3n) is 4.29. The second kappa shape index (κ2) is 6.56. The molecule has 0 amide bonds. The third-order valence-corrected chi connectivity index (χ3v) is 4.29. The highest BCUT2D eigenvalue weighted by atomic mass is 19.1. The monoisotopic (exact) mass is 339 g/mol. The van der Waals surface area contributed by atoms with Gasteiger partial charge in [0.25, 0.3) is 0 Å². The van der Waals surface area contributed by atoms with Gasteiger partial charge in [0.15, 0.2) is 0 Å². The summed E-state index contributed by atoms with van der Waals surface area (Å²) in [6.07, 6.45) is 0.578. The molecule has 4 rings (SSSR count). The molecule has 3 heterocycles.